The molecule has 4 nitrogen and oxygen atoms in total. The molecule has 0 saturated carbocycles. The Labute approximate surface area is 110 Å². The third-order valence-electron chi connectivity index (χ3n) is 3.80. The number of piperidine rings is 1. The minimum Gasteiger partial charge on any atom is -0.481 e. The van der Waals surface area contributed by atoms with Gasteiger partial charge < -0.3 is 15.1 Å². The van der Waals surface area contributed by atoms with Gasteiger partial charge >= 0.3 is 12.1 Å². The Morgan fingerprint density at radius 3 is 2.26 bits per heavy atom. The third kappa shape index (κ3) is 4.07. The Hall–Kier alpha value is -0.820. The highest BCUT2D eigenvalue weighted by atomic mass is 19.4. The van der Waals surface area contributed by atoms with Crippen molar-refractivity contribution in [3.05, 3.63) is 0 Å². The zero-order valence-corrected chi connectivity index (χ0v) is 10.9. The lowest BCUT2D eigenvalue weighted by Crippen LogP contribution is -2.48. The van der Waals surface area contributed by atoms with Crippen LogP contribution < -0.4 is 0 Å². The lowest BCUT2D eigenvalue weighted by atomic mass is 9.75. The van der Waals surface area contributed by atoms with Gasteiger partial charge in [0.05, 0.1) is 5.41 Å². The zero-order valence-electron chi connectivity index (χ0n) is 10.9. The van der Waals surface area contributed by atoms with Crippen LogP contribution in [0.25, 0.3) is 0 Å². The number of carbonyl (C=O) groups is 1. The lowest BCUT2D eigenvalue weighted by Gasteiger charge is -2.39. The van der Waals surface area contributed by atoms with Crippen molar-refractivity contribution in [2.75, 3.05) is 19.6 Å². The van der Waals surface area contributed by atoms with Crippen LogP contribution in [0.15, 0.2) is 0 Å². The molecule has 0 aromatic heterocycles. The Bertz CT molecular complexity index is 312. The van der Waals surface area contributed by atoms with E-state index < -0.39 is 30.2 Å². The average molecular weight is 283 g/mol. The van der Waals surface area contributed by atoms with Gasteiger partial charge in [0, 0.05) is 6.54 Å². The summed E-state index contributed by atoms with van der Waals surface area (Å²) in [5, 5.41) is 18.3. The Morgan fingerprint density at radius 2 is 1.89 bits per heavy atom. The van der Waals surface area contributed by atoms with Gasteiger partial charge in [0.2, 0.25) is 0 Å². The summed E-state index contributed by atoms with van der Waals surface area (Å²) in [4.78, 5) is 12.8. The normalized spacial score (nSPS) is 22.2. The van der Waals surface area contributed by atoms with Crippen LogP contribution in [0.2, 0.25) is 0 Å². The molecule has 0 amide bonds. The Morgan fingerprint density at radius 1 is 1.37 bits per heavy atom. The van der Waals surface area contributed by atoms with E-state index in [0.29, 0.717) is 19.3 Å². The van der Waals surface area contributed by atoms with E-state index in [0.717, 1.165) is 6.42 Å². The second-order valence-corrected chi connectivity index (χ2v) is 5.19. The van der Waals surface area contributed by atoms with E-state index in [1.807, 2.05) is 6.92 Å². The van der Waals surface area contributed by atoms with Gasteiger partial charge in [-0.3, -0.25) is 4.79 Å². The number of carboxylic acid groups (broad SMARTS) is 1. The van der Waals surface area contributed by atoms with Gasteiger partial charge in [0.15, 0.2) is 6.10 Å². The second kappa shape index (κ2) is 6.09. The molecule has 7 heteroatoms. The van der Waals surface area contributed by atoms with E-state index in [2.05, 4.69) is 0 Å². The fourth-order valence-electron chi connectivity index (χ4n) is 2.56. The number of nitrogens with zero attached hydrogens (tertiary/aromatic N) is 1. The van der Waals surface area contributed by atoms with Crippen molar-refractivity contribution in [2.24, 2.45) is 5.41 Å². The van der Waals surface area contributed by atoms with Crippen LogP contribution in [0, 0.1) is 5.41 Å². The predicted octanol–water partition coefficient (Wildman–Crippen LogP) is 1.88. The molecule has 112 valence electrons. The SMILES string of the molecule is CCCC1(C(=O)O)CCN(CC(O)C(F)(F)F)CC1. The van der Waals surface area contributed by atoms with Crippen LogP contribution in [-0.4, -0.2) is 53.0 Å². The molecule has 1 fully saturated rings. The minimum atomic E-state index is -4.62. The first-order valence-corrected chi connectivity index (χ1v) is 6.42. The van der Waals surface area contributed by atoms with E-state index in [-0.39, 0.29) is 13.1 Å². The number of aliphatic carboxylic acids is 1. The van der Waals surface area contributed by atoms with Crippen molar-refractivity contribution >= 4 is 5.97 Å². The molecule has 1 unspecified atom stereocenters. The number of halogens is 3. The summed E-state index contributed by atoms with van der Waals surface area (Å²) in [6.07, 6.45) is -5.04. The molecule has 1 saturated heterocycles. The van der Waals surface area contributed by atoms with Gasteiger partial charge in [0.25, 0.3) is 0 Å². The van der Waals surface area contributed by atoms with Gasteiger partial charge in [-0.2, -0.15) is 13.2 Å². The predicted molar refractivity (Wildman–Crippen MR) is 62.7 cm³/mol. The van der Waals surface area contributed by atoms with Crippen molar-refractivity contribution in [3.8, 4) is 0 Å². The highest BCUT2D eigenvalue weighted by molar-refractivity contribution is 5.74. The first kappa shape index (κ1) is 16.2. The van der Waals surface area contributed by atoms with E-state index in [9.17, 15) is 23.1 Å². The van der Waals surface area contributed by atoms with Crippen LogP contribution in [0.1, 0.15) is 32.6 Å². The standard InChI is InChI=1S/C12H20F3NO3/c1-2-3-11(10(18)19)4-6-16(7-5-11)8-9(17)12(13,14)15/h9,17H,2-8H2,1H3,(H,18,19). The summed E-state index contributed by atoms with van der Waals surface area (Å²) < 4.78 is 36.7. The molecule has 0 aliphatic carbocycles. The first-order chi connectivity index (χ1) is 8.71. The summed E-state index contributed by atoms with van der Waals surface area (Å²) in [5.41, 5.74) is -0.811. The van der Waals surface area contributed by atoms with Gasteiger partial charge in [-0.15, -0.1) is 0 Å². The molecule has 0 radical (unpaired) electrons. The fraction of sp³-hybridized carbons (Fsp3) is 0.917. The zero-order chi connectivity index (χ0) is 14.7. The average Bonchev–Trinajstić information content (AvgIpc) is 2.30. The maximum Gasteiger partial charge on any atom is 0.415 e. The van der Waals surface area contributed by atoms with Gasteiger partial charge in [-0.25, -0.2) is 0 Å². The molecule has 1 heterocycles. The molecule has 0 spiro atoms. The molecular formula is C12H20F3NO3. The number of carboxylic acids is 1. The van der Waals surface area contributed by atoms with Crippen molar-refractivity contribution in [1.29, 1.82) is 0 Å². The number of β-amino-alcohol motifs (C(OH)–C–C–N with tert-alkyl or cyclic N) is 1. The molecule has 0 bridgehead atoms. The highest BCUT2D eigenvalue weighted by Gasteiger charge is 2.43. The summed E-state index contributed by atoms with van der Waals surface area (Å²) in [7, 11) is 0. The molecule has 0 aromatic carbocycles. The number of likely N-dealkylation sites (tertiary alicyclic amines) is 1. The number of hydrogen-bond acceptors (Lipinski definition) is 3. The van der Waals surface area contributed by atoms with E-state index in [1.165, 1.54) is 4.90 Å². The van der Waals surface area contributed by atoms with E-state index in [4.69, 9.17) is 5.11 Å². The molecular weight excluding hydrogens is 263 g/mol. The van der Waals surface area contributed by atoms with Crippen LogP contribution in [0.4, 0.5) is 13.2 Å². The van der Waals surface area contributed by atoms with Crippen LogP contribution in [0.3, 0.4) is 0 Å². The molecule has 1 atom stereocenters. The Balaban J connectivity index is 2.54. The topological polar surface area (TPSA) is 60.8 Å². The van der Waals surface area contributed by atoms with Gasteiger partial charge in [-0.05, 0) is 32.4 Å². The second-order valence-electron chi connectivity index (χ2n) is 5.19. The third-order valence-corrected chi connectivity index (χ3v) is 3.80. The first-order valence-electron chi connectivity index (χ1n) is 6.42. The maximum atomic E-state index is 12.2. The van der Waals surface area contributed by atoms with Crippen LogP contribution in [-0.2, 0) is 4.79 Å². The number of alkyl halides is 3. The monoisotopic (exact) mass is 283 g/mol. The summed E-state index contributed by atoms with van der Waals surface area (Å²) in [6, 6.07) is 0. The van der Waals surface area contributed by atoms with Crippen molar-refractivity contribution in [2.45, 2.75) is 44.9 Å². The molecule has 1 aliphatic heterocycles. The molecule has 2 N–H and O–H groups in total. The van der Waals surface area contributed by atoms with Crippen molar-refractivity contribution < 1.29 is 28.2 Å². The van der Waals surface area contributed by atoms with Crippen molar-refractivity contribution in [3.63, 3.8) is 0 Å². The van der Waals surface area contributed by atoms with Gasteiger partial charge in [-0.1, -0.05) is 13.3 Å². The van der Waals surface area contributed by atoms with Crippen LogP contribution in [0.5, 0.6) is 0 Å². The molecule has 0 aromatic rings. The van der Waals surface area contributed by atoms with E-state index >= 15 is 0 Å². The number of aliphatic hydroxyl groups excluding tert-OH is 1. The largest absolute Gasteiger partial charge is 0.481 e. The fourth-order valence-corrected chi connectivity index (χ4v) is 2.56. The van der Waals surface area contributed by atoms with Crippen molar-refractivity contribution in [1.82, 2.24) is 4.90 Å². The van der Waals surface area contributed by atoms with E-state index in [1.54, 1.807) is 0 Å². The maximum absolute atomic E-state index is 12.2. The molecule has 1 aliphatic rings. The number of aliphatic hydroxyl groups is 1. The number of rotatable bonds is 5. The molecule has 1 rings (SSSR count). The Kier molecular flexibility index (Phi) is 5.20. The lowest BCUT2D eigenvalue weighted by molar-refractivity contribution is -0.209. The van der Waals surface area contributed by atoms with Crippen LogP contribution >= 0.6 is 0 Å². The molecule has 19 heavy (non-hydrogen) atoms. The summed E-state index contributed by atoms with van der Waals surface area (Å²) in [5.74, 6) is -0.870. The summed E-state index contributed by atoms with van der Waals surface area (Å²) in [6.45, 7) is 1.97. The summed E-state index contributed by atoms with van der Waals surface area (Å²) >= 11 is 0. The minimum absolute atomic E-state index is 0.277. The highest BCUT2D eigenvalue weighted by Crippen LogP contribution is 2.36. The number of hydrogen-bond donors (Lipinski definition) is 2. The quantitative estimate of drug-likeness (QED) is 0.808. The smallest absolute Gasteiger partial charge is 0.415 e. The van der Waals surface area contributed by atoms with Gasteiger partial charge in [0.1, 0.15) is 0 Å².